The molecule has 0 bridgehead atoms. The number of hydrogen-bond donors (Lipinski definition) is 2. The first-order valence-corrected chi connectivity index (χ1v) is 8.53. The van der Waals surface area contributed by atoms with Crippen molar-refractivity contribution in [2.75, 3.05) is 56.2 Å². The second-order valence-electron chi connectivity index (χ2n) is 6.31. The van der Waals surface area contributed by atoms with Crippen LogP contribution < -0.4 is 10.2 Å². The van der Waals surface area contributed by atoms with Crippen molar-refractivity contribution in [1.82, 2.24) is 14.9 Å². The van der Waals surface area contributed by atoms with Gasteiger partial charge in [0.15, 0.2) is 0 Å². The van der Waals surface area contributed by atoms with Crippen LogP contribution in [0.15, 0.2) is 12.4 Å². The third-order valence-electron chi connectivity index (χ3n) is 4.78. The highest BCUT2D eigenvalue weighted by atomic mass is 16.5. The van der Waals surface area contributed by atoms with Gasteiger partial charge in [0.05, 0.1) is 25.9 Å². The molecule has 0 amide bonds. The SMILES string of the molecule is C[C@H](CNc1cc(N2CCC[C@@H]2CO)ncn1)N1CCOCC1. The van der Waals surface area contributed by atoms with Crippen LogP contribution >= 0.6 is 0 Å². The molecule has 0 aromatic carbocycles. The topological polar surface area (TPSA) is 73.8 Å². The summed E-state index contributed by atoms with van der Waals surface area (Å²) in [6.45, 7) is 7.82. The predicted octanol–water partition coefficient (Wildman–Crippen LogP) is 0.570. The Hall–Kier alpha value is -1.44. The Bertz CT molecular complexity index is 495. The Balaban J connectivity index is 1.57. The minimum absolute atomic E-state index is 0.181. The normalized spacial score (nSPS) is 23.9. The number of anilines is 2. The van der Waals surface area contributed by atoms with E-state index < -0.39 is 0 Å². The van der Waals surface area contributed by atoms with E-state index in [2.05, 4.69) is 32.0 Å². The van der Waals surface area contributed by atoms with Crippen LogP contribution in [-0.2, 0) is 4.74 Å². The maximum Gasteiger partial charge on any atom is 0.134 e. The summed E-state index contributed by atoms with van der Waals surface area (Å²) < 4.78 is 5.40. The molecule has 1 aromatic heterocycles. The van der Waals surface area contributed by atoms with Gasteiger partial charge in [0, 0.05) is 38.3 Å². The zero-order valence-electron chi connectivity index (χ0n) is 13.8. The van der Waals surface area contributed by atoms with Crippen LogP contribution in [0.25, 0.3) is 0 Å². The summed E-state index contributed by atoms with van der Waals surface area (Å²) >= 11 is 0. The lowest BCUT2D eigenvalue weighted by Crippen LogP contribution is -2.45. The molecule has 7 heteroatoms. The highest BCUT2D eigenvalue weighted by Crippen LogP contribution is 2.24. The number of aliphatic hydroxyl groups is 1. The monoisotopic (exact) mass is 321 g/mol. The van der Waals surface area contributed by atoms with Gasteiger partial charge < -0.3 is 20.1 Å². The van der Waals surface area contributed by atoms with E-state index in [4.69, 9.17) is 4.74 Å². The van der Waals surface area contributed by atoms with Gasteiger partial charge in [-0.3, -0.25) is 4.90 Å². The van der Waals surface area contributed by atoms with E-state index in [1.54, 1.807) is 6.33 Å². The molecule has 2 fully saturated rings. The summed E-state index contributed by atoms with van der Waals surface area (Å²) in [5.41, 5.74) is 0. The maximum absolute atomic E-state index is 9.47. The Morgan fingerprint density at radius 2 is 2.17 bits per heavy atom. The van der Waals surface area contributed by atoms with Crippen molar-refractivity contribution in [3.63, 3.8) is 0 Å². The van der Waals surface area contributed by atoms with Crippen molar-refractivity contribution in [2.45, 2.75) is 31.8 Å². The molecular formula is C16H27N5O2. The Labute approximate surface area is 137 Å². The van der Waals surface area contributed by atoms with E-state index >= 15 is 0 Å². The predicted molar refractivity (Wildman–Crippen MR) is 89.8 cm³/mol. The first kappa shape index (κ1) is 16.4. The van der Waals surface area contributed by atoms with Crippen molar-refractivity contribution < 1.29 is 9.84 Å². The number of morpholine rings is 1. The largest absolute Gasteiger partial charge is 0.394 e. The van der Waals surface area contributed by atoms with Gasteiger partial charge in [-0.1, -0.05) is 0 Å². The Morgan fingerprint density at radius 3 is 2.96 bits per heavy atom. The average molecular weight is 321 g/mol. The highest BCUT2D eigenvalue weighted by Gasteiger charge is 2.25. The van der Waals surface area contributed by atoms with Crippen LogP contribution in [0.2, 0.25) is 0 Å². The molecular weight excluding hydrogens is 294 g/mol. The van der Waals surface area contributed by atoms with E-state index in [0.717, 1.165) is 63.9 Å². The molecule has 128 valence electrons. The molecule has 3 heterocycles. The lowest BCUT2D eigenvalue weighted by Gasteiger charge is -2.32. The molecule has 0 saturated carbocycles. The number of rotatable bonds is 6. The van der Waals surface area contributed by atoms with Gasteiger partial charge in [-0.25, -0.2) is 9.97 Å². The lowest BCUT2D eigenvalue weighted by molar-refractivity contribution is 0.0227. The Morgan fingerprint density at radius 1 is 1.35 bits per heavy atom. The fourth-order valence-corrected chi connectivity index (χ4v) is 3.33. The minimum Gasteiger partial charge on any atom is -0.394 e. The van der Waals surface area contributed by atoms with Crippen molar-refractivity contribution in [3.8, 4) is 0 Å². The quantitative estimate of drug-likeness (QED) is 0.793. The molecule has 2 aliphatic heterocycles. The lowest BCUT2D eigenvalue weighted by atomic mass is 10.2. The minimum atomic E-state index is 0.181. The van der Waals surface area contributed by atoms with Crippen molar-refractivity contribution in [2.24, 2.45) is 0 Å². The molecule has 2 N–H and O–H groups in total. The number of ether oxygens (including phenoxy) is 1. The summed E-state index contributed by atoms with van der Waals surface area (Å²) in [5, 5.41) is 12.9. The third kappa shape index (κ3) is 4.10. The molecule has 0 radical (unpaired) electrons. The maximum atomic E-state index is 9.47. The molecule has 2 aliphatic rings. The fraction of sp³-hybridized carbons (Fsp3) is 0.750. The Kier molecular flexibility index (Phi) is 5.64. The summed E-state index contributed by atoms with van der Waals surface area (Å²) in [5.74, 6) is 1.75. The van der Waals surface area contributed by atoms with Gasteiger partial charge in [0.1, 0.15) is 18.0 Å². The van der Waals surface area contributed by atoms with E-state index in [9.17, 15) is 5.11 Å². The van der Waals surface area contributed by atoms with E-state index in [0.29, 0.717) is 6.04 Å². The second kappa shape index (κ2) is 7.90. The van der Waals surface area contributed by atoms with Crippen molar-refractivity contribution >= 4 is 11.6 Å². The van der Waals surface area contributed by atoms with E-state index in [1.165, 1.54) is 0 Å². The summed E-state index contributed by atoms with van der Waals surface area (Å²) in [6, 6.07) is 2.61. The van der Waals surface area contributed by atoms with Crippen LogP contribution in [0.1, 0.15) is 19.8 Å². The van der Waals surface area contributed by atoms with Crippen LogP contribution in [0.4, 0.5) is 11.6 Å². The second-order valence-corrected chi connectivity index (χ2v) is 6.31. The molecule has 2 saturated heterocycles. The first-order chi connectivity index (χ1) is 11.3. The summed E-state index contributed by atoms with van der Waals surface area (Å²) in [4.78, 5) is 13.3. The van der Waals surface area contributed by atoms with Gasteiger partial charge in [0.25, 0.3) is 0 Å². The van der Waals surface area contributed by atoms with Gasteiger partial charge >= 0.3 is 0 Å². The molecule has 1 aromatic rings. The zero-order chi connectivity index (χ0) is 16.1. The summed E-state index contributed by atoms with van der Waals surface area (Å²) in [7, 11) is 0. The third-order valence-corrected chi connectivity index (χ3v) is 4.78. The average Bonchev–Trinajstić information content (AvgIpc) is 3.09. The van der Waals surface area contributed by atoms with E-state index in [1.807, 2.05) is 6.07 Å². The number of hydrogen-bond acceptors (Lipinski definition) is 7. The van der Waals surface area contributed by atoms with Gasteiger partial charge in [-0.2, -0.15) is 0 Å². The van der Waals surface area contributed by atoms with Crippen molar-refractivity contribution in [3.05, 3.63) is 12.4 Å². The van der Waals surface area contributed by atoms with Gasteiger partial charge in [0.2, 0.25) is 0 Å². The van der Waals surface area contributed by atoms with Crippen LogP contribution in [0, 0.1) is 0 Å². The molecule has 23 heavy (non-hydrogen) atoms. The van der Waals surface area contributed by atoms with Crippen molar-refractivity contribution in [1.29, 1.82) is 0 Å². The van der Waals surface area contributed by atoms with Gasteiger partial charge in [-0.15, -0.1) is 0 Å². The standard InChI is InChI=1S/C16H27N5O2/c1-13(20-5-7-23-8-6-20)10-17-15-9-16(19-12-18-15)21-4-2-3-14(21)11-22/h9,12-14,22H,2-8,10-11H2,1H3,(H,17,18,19)/t13-,14-/m1/s1. The summed E-state index contributed by atoms with van der Waals surface area (Å²) in [6.07, 6.45) is 3.73. The molecule has 7 nitrogen and oxygen atoms in total. The number of aliphatic hydroxyl groups excluding tert-OH is 1. The smallest absolute Gasteiger partial charge is 0.134 e. The van der Waals surface area contributed by atoms with E-state index in [-0.39, 0.29) is 12.6 Å². The van der Waals surface area contributed by atoms with Crippen LogP contribution in [0.3, 0.4) is 0 Å². The number of nitrogens with zero attached hydrogens (tertiary/aromatic N) is 4. The molecule has 0 unspecified atom stereocenters. The number of nitrogens with one attached hydrogen (secondary N) is 1. The van der Waals surface area contributed by atoms with Crippen LogP contribution in [-0.4, -0.2) is 78.1 Å². The fourth-order valence-electron chi connectivity index (χ4n) is 3.33. The van der Waals surface area contributed by atoms with Crippen LogP contribution in [0.5, 0.6) is 0 Å². The van der Waals surface area contributed by atoms with Gasteiger partial charge in [-0.05, 0) is 19.8 Å². The molecule has 2 atom stereocenters. The highest BCUT2D eigenvalue weighted by molar-refractivity contribution is 5.49. The molecule has 3 rings (SSSR count). The zero-order valence-corrected chi connectivity index (χ0v) is 13.8. The first-order valence-electron chi connectivity index (χ1n) is 8.53. The molecule has 0 aliphatic carbocycles. The molecule has 0 spiro atoms. The number of aromatic nitrogens is 2.